The number of halogens is 3. The van der Waals surface area contributed by atoms with Crippen molar-refractivity contribution in [2.24, 2.45) is 0 Å². The van der Waals surface area contributed by atoms with E-state index in [4.69, 9.17) is 20.8 Å². The number of aliphatic hydroxyl groups excluding tert-OH is 1. The van der Waals surface area contributed by atoms with Crippen LogP contribution >= 0.6 is 43.5 Å². The third-order valence-electron chi connectivity index (χ3n) is 3.26. The zero-order chi connectivity index (χ0) is 15.7. The normalized spacial score (nSPS) is 12.5. The van der Waals surface area contributed by atoms with Crippen LogP contribution in [0, 0.1) is 0 Å². The highest BCUT2D eigenvalue weighted by Gasteiger charge is 2.17. The van der Waals surface area contributed by atoms with Gasteiger partial charge in [0, 0.05) is 10.9 Å². The Hall–Kier alpha value is -1.01. The molecule has 22 heavy (non-hydrogen) atoms. The van der Waals surface area contributed by atoms with Crippen LogP contribution in [0.5, 0.6) is 5.75 Å². The minimum absolute atomic E-state index is 0.0959. The predicted molar refractivity (Wildman–Crippen MR) is 93.5 cm³/mol. The molecule has 0 bridgehead atoms. The van der Waals surface area contributed by atoms with Gasteiger partial charge in [0.2, 0.25) is 0 Å². The molecular weight excluding hydrogens is 435 g/mol. The van der Waals surface area contributed by atoms with Crippen LogP contribution in [0.2, 0.25) is 5.02 Å². The molecule has 2 aromatic carbocycles. The quantitative estimate of drug-likeness (QED) is 0.557. The molecule has 1 atom stereocenters. The van der Waals surface area contributed by atoms with Crippen LogP contribution in [0.15, 0.2) is 56.0 Å². The smallest absolute Gasteiger partial charge is 0.147 e. The highest BCUT2D eigenvalue weighted by atomic mass is 79.9. The number of para-hydroxylation sites is 1. The molecule has 0 amide bonds. The summed E-state index contributed by atoms with van der Waals surface area (Å²) in [5.74, 6) is 0.645. The van der Waals surface area contributed by atoms with E-state index in [0.717, 1.165) is 14.3 Å². The second kappa shape index (κ2) is 6.62. The van der Waals surface area contributed by atoms with Gasteiger partial charge in [-0.2, -0.15) is 0 Å². The van der Waals surface area contributed by atoms with Crippen molar-refractivity contribution >= 4 is 54.4 Å². The van der Waals surface area contributed by atoms with Crippen molar-refractivity contribution in [3.8, 4) is 5.75 Å². The van der Waals surface area contributed by atoms with Gasteiger partial charge in [0.15, 0.2) is 0 Å². The van der Waals surface area contributed by atoms with Crippen molar-refractivity contribution in [1.29, 1.82) is 0 Å². The number of benzene rings is 2. The van der Waals surface area contributed by atoms with Gasteiger partial charge >= 0.3 is 0 Å². The van der Waals surface area contributed by atoms with E-state index in [1.807, 2.05) is 18.2 Å². The molecule has 3 aromatic rings. The Kier molecular flexibility index (Phi) is 4.78. The van der Waals surface area contributed by atoms with E-state index in [-0.39, 0.29) is 6.61 Å². The molecular formula is C16H11Br2ClO3. The number of rotatable bonds is 4. The van der Waals surface area contributed by atoms with Crippen molar-refractivity contribution in [2.75, 3.05) is 6.61 Å². The van der Waals surface area contributed by atoms with Gasteiger partial charge in [-0.25, -0.2) is 0 Å². The maximum absolute atomic E-state index is 10.4. The van der Waals surface area contributed by atoms with Gasteiger partial charge in [-0.15, -0.1) is 0 Å². The summed E-state index contributed by atoms with van der Waals surface area (Å²) < 4.78 is 12.8. The van der Waals surface area contributed by atoms with Crippen molar-refractivity contribution in [3.05, 3.63) is 62.2 Å². The molecule has 0 saturated heterocycles. The zero-order valence-corrected chi connectivity index (χ0v) is 15.2. The Labute approximate surface area is 149 Å². The van der Waals surface area contributed by atoms with Crippen molar-refractivity contribution in [2.45, 2.75) is 6.10 Å². The first-order valence-electron chi connectivity index (χ1n) is 6.48. The predicted octanol–water partition coefficient (Wildman–Crippen LogP) is 5.72. The average Bonchev–Trinajstić information content (AvgIpc) is 2.97. The van der Waals surface area contributed by atoms with Crippen LogP contribution in [0.25, 0.3) is 11.0 Å². The van der Waals surface area contributed by atoms with Crippen LogP contribution in [-0.2, 0) is 0 Å². The van der Waals surface area contributed by atoms with Crippen LogP contribution in [0.3, 0.4) is 0 Å². The van der Waals surface area contributed by atoms with Gasteiger partial charge in [0.25, 0.3) is 0 Å². The Morgan fingerprint density at radius 2 is 1.86 bits per heavy atom. The van der Waals surface area contributed by atoms with E-state index in [2.05, 4.69) is 31.9 Å². The lowest BCUT2D eigenvalue weighted by molar-refractivity contribution is 0.107. The zero-order valence-electron chi connectivity index (χ0n) is 11.2. The third kappa shape index (κ3) is 3.04. The molecule has 3 rings (SSSR count). The van der Waals surface area contributed by atoms with E-state index >= 15 is 0 Å². The number of hydrogen-bond acceptors (Lipinski definition) is 3. The fourth-order valence-corrected chi connectivity index (χ4v) is 3.62. The van der Waals surface area contributed by atoms with Gasteiger partial charge in [0.05, 0.1) is 20.2 Å². The van der Waals surface area contributed by atoms with Gasteiger partial charge in [-0.1, -0.05) is 23.7 Å². The molecule has 0 saturated carbocycles. The first kappa shape index (κ1) is 15.9. The minimum atomic E-state index is -0.829. The summed E-state index contributed by atoms with van der Waals surface area (Å²) in [5.41, 5.74) is 1.22. The highest BCUT2D eigenvalue weighted by Crippen LogP contribution is 2.35. The van der Waals surface area contributed by atoms with Gasteiger partial charge < -0.3 is 14.3 Å². The fourth-order valence-electron chi connectivity index (χ4n) is 2.18. The number of aliphatic hydroxyl groups is 1. The van der Waals surface area contributed by atoms with Crippen LogP contribution in [-0.4, -0.2) is 11.7 Å². The second-order valence-electron chi connectivity index (χ2n) is 4.68. The van der Waals surface area contributed by atoms with E-state index in [1.165, 1.54) is 0 Å². The molecule has 0 unspecified atom stereocenters. The molecule has 0 aliphatic carbocycles. The number of fused-ring (bicyclic) bond motifs is 1. The summed E-state index contributed by atoms with van der Waals surface area (Å²) in [6.07, 6.45) is 0.725. The highest BCUT2D eigenvalue weighted by molar-refractivity contribution is 9.11. The lowest BCUT2D eigenvalue weighted by Crippen LogP contribution is -2.10. The molecule has 0 aliphatic heterocycles. The molecule has 0 radical (unpaired) electrons. The molecule has 6 heteroatoms. The summed E-state index contributed by atoms with van der Waals surface area (Å²) in [6, 6.07) is 10.9. The van der Waals surface area contributed by atoms with Gasteiger partial charge in [-0.05, 0) is 56.1 Å². The van der Waals surface area contributed by atoms with E-state index in [0.29, 0.717) is 21.9 Å². The molecule has 0 spiro atoms. The Morgan fingerprint density at radius 1 is 1.14 bits per heavy atom. The molecule has 114 valence electrons. The minimum Gasteiger partial charge on any atom is -0.488 e. The Bertz CT molecular complexity index is 796. The largest absolute Gasteiger partial charge is 0.488 e. The van der Waals surface area contributed by atoms with Crippen LogP contribution in [0.1, 0.15) is 11.7 Å². The molecule has 1 aromatic heterocycles. The molecule has 0 fully saturated rings. The van der Waals surface area contributed by atoms with Crippen LogP contribution < -0.4 is 4.74 Å². The SMILES string of the molecule is O[C@@H](COc1c(Br)cccc1Br)c1ccc(Cl)c2ccoc12. The van der Waals surface area contributed by atoms with E-state index in [1.54, 1.807) is 24.5 Å². The van der Waals surface area contributed by atoms with Gasteiger partial charge in [-0.3, -0.25) is 0 Å². The lowest BCUT2D eigenvalue weighted by Gasteiger charge is -2.15. The summed E-state index contributed by atoms with van der Waals surface area (Å²) in [7, 11) is 0. The Morgan fingerprint density at radius 3 is 2.59 bits per heavy atom. The molecule has 1 heterocycles. The third-order valence-corrected chi connectivity index (χ3v) is 4.84. The maximum atomic E-state index is 10.4. The maximum Gasteiger partial charge on any atom is 0.147 e. The number of hydrogen-bond donors (Lipinski definition) is 1. The average molecular weight is 447 g/mol. The van der Waals surface area contributed by atoms with Gasteiger partial charge in [0.1, 0.15) is 24.0 Å². The topological polar surface area (TPSA) is 42.6 Å². The first-order chi connectivity index (χ1) is 10.6. The van der Waals surface area contributed by atoms with Crippen LogP contribution in [0.4, 0.5) is 0 Å². The van der Waals surface area contributed by atoms with Crippen molar-refractivity contribution in [1.82, 2.24) is 0 Å². The van der Waals surface area contributed by atoms with E-state index < -0.39 is 6.10 Å². The molecule has 1 N–H and O–H groups in total. The van der Waals surface area contributed by atoms with Crippen molar-refractivity contribution < 1.29 is 14.3 Å². The summed E-state index contributed by atoms with van der Waals surface area (Å²) in [5, 5.41) is 11.8. The first-order valence-corrected chi connectivity index (χ1v) is 8.45. The number of furan rings is 1. The monoisotopic (exact) mass is 444 g/mol. The molecule has 0 aliphatic rings. The summed E-state index contributed by atoms with van der Waals surface area (Å²) in [6.45, 7) is 0.0959. The standard InChI is InChI=1S/C16H11Br2ClO3/c17-11-2-1-3-12(18)16(11)22-8-14(20)10-4-5-13(19)9-6-7-21-15(9)10/h1-7,14,20H,8H2/t14-/m0/s1. The summed E-state index contributed by atoms with van der Waals surface area (Å²) >= 11 is 13.0. The van der Waals surface area contributed by atoms with Crippen molar-refractivity contribution in [3.63, 3.8) is 0 Å². The fraction of sp³-hybridized carbons (Fsp3) is 0.125. The molecule has 3 nitrogen and oxygen atoms in total. The number of ether oxygens (including phenoxy) is 1. The second-order valence-corrected chi connectivity index (χ2v) is 6.79. The summed E-state index contributed by atoms with van der Waals surface area (Å²) in [4.78, 5) is 0. The van der Waals surface area contributed by atoms with E-state index in [9.17, 15) is 5.11 Å². The Balaban J connectivity index is 1.84. The lowest BCUT2D eigenvalue weighted by atomic mass is 10.1.